The summed E-state index contributed by atoms with van der Waals surface area (Å²) in [6, 6.07) is 7.44. The molecule has 14 heavy (non-hydrogen) atoms. The highest BCUT2D eigenvalue weighted by Crippen LogP contribution is 2.27. The van der Waals surface area contributed by atoms with Crippen LogP contribution in [0, 0.1) is 18.3 Å². The molecule has 1 aromatic rings. The van der Waals surface area contributed by atoms with Gasteiger partial charge in [-0.25, -0.2) is 0 Å². The predicted octanol–water partition coefficient (Wildman–Crippen LogP) is 1.95. The Morgan fingerprint density at radius 1 is 1.57 bits per heavy atom. The predicted molar refractivity (Wildman–Crippen MR) is 52.9 cm³/mol. The lowest BCUT2D eigenvalue weighted by Gasteiger charge is -2.12. The van der Waals surface area contributed by atoms with Gasteiger partial charge in [-0.1, -0.05) is 12.1 Å². The number of nitriles is 1. The van der Waals surface area contributed by atoms with Crippen molar-refractivity contribution in [3.63, 3.8) is 0 Å². The number of nitrogens with zero attached hydrogens (tertiary/aromatic N) is 1. The van der Waals surface area contributed by atoms with E-state index >= 15 is 0 Å². The van der Waals surface area contributed by atoms with Gasteiger partial charge < -0.3 is 9.84 Å². The smallest absolute Gasteiger partial charge is 0.124 e. The van der Waals surface area contributed by atoms with Crippen LogP contribution in [0.1, 0.15) is 23.7 Å². The summed E-state index contributed by atoms with van der Waals surface area (Å²) >= 11 is 0. The highest BCUT2D eigenvalue weighted by atomic mass is 16.5. The Kier molecular flexibility index (Phi) is 3.49. The molecule has 0 radical (unpaired) electrons. The van der Waals surface area contributed by atoms with Gasteiger partial charge in [0.25, 0.3) is 0 Å². The van der Waals surface area contributed by atoms with Gasteiger partial charge in [-0.15, -0.1) is 0 Å². The van der Waals surface area contributed by atoms with Crippen LogP contribution in [0.5, 0.6) is 5.75 Å². The van der Waals surface area contributed by atoms with Crippen molar-refractivity contribution in [2.45, 2.75) is 19.4 Å². The van der Waals surface area contributed by atoms with Crippen molar-refractivity contribution in [1.82, 2.24) is 0 Å². The molecule has 0 aliphatic carbocycles. The van der Waals surface area contributed by atoms with Crippen LogP contribution < -0.4 is 4.74 Å². The SMILES string of the molecule is COc1cc(C)ccc1C(O)CC#N. The Hall–Kier alpha value is -1.53. The van der Waals surface area contributed by atoms with E-state index in [1.807, 2.05) is 25.1 Å². The van der Waals surface area contributed by atoms with Crippen LogP contribution in [-0.4, -0.2) is 12.2 Å². The van der Waals surface area contributed by atoms with Gasteiger partial charge in [0, 0.05) is 5.56 Å². The molecule has 1 N–H and O–H groups in total. The Balaban J connectivity index is 3.02. The molecule has 1 rings (SSSR count). The first kappa shape index (κ1) is 10.6. The molecule has 0 saturated carbocycles. The summed E-state index contributed by atoms with van der Waals surface area (Å²) in [5, 5.41) is 18.1. The van der Waals surface area contributed by atoms with Crippen LogP contribution >= 0.6 is 0 Å². The van der Waals surface area contributed by atoms with Gasteiger partial charge in [0.1, 0.15) is 5.75 Å². The van der Waals surface area contributed by atoms with E-state index in [0.29, 0.717) is 11.3 Å². The second-order valence-corrected chi connectivity index (χ2v) is 3.12. The maximum atomic E-state index is 9.62. The molecule has 1 unspecified atom stereocenters. The summed E-state index contributed by atoms with van der Waals surface area (Å²) < 4.78 is 5.12. The number of aliphatic hydroxyl groups excluding tert-OH is 1. The summed E-state index contributed by atoms with van der Waals surface area (Å²) in [6.45, 7) is 1.95. The molecule has 0 aromatic heterocycles. The average Bonchev–Trinajstić information content (AvgIpc) is 2.17. The van der Waals surface area contributed by atoms with Gasteiger partial charge in [0.2, 0.25) is 0 Å². The third-order valence-electron chi connectivity index (χ3n) is 2.03. The van der Waals surface area contributed by atoms with Crippen molar-refractivity contribution in [3.05, 3.63) is 29.3 Å². The normalized spacial score (nSPS) is 11.9. The minimum Gasteiger partial charge on any atom is -0.496 e. The van der Waals surface area contributed by atoms with E-state index in [1.54, 1.807) is 13.2 Å². The lowest BCUT2D eigenvalue weighted by molar-refractivity contribution is 0.179. The molecular weight excluding hydrogens is 178 g/mol. The molecule has 74 valence electrons. The molecule has 0 saturated heterocycles. The molecule has 3 nitrogen and oxygen atoms in total. The van der Waals surface area contributed by atoms with Gasteiger partial charge in [0.15, 0.2) is 0 Å². The van der Waals surface area contributed by atoms with E-state index in [9.17, 15) is 5.11 Å². The molecular formula is C11H13NO2. The third-order valence-corrected chi connectivity index (χ3v) is 2.03. The molecule has 1 aromatic carbocycles. The third kappa shape index (κ3) is 2.24. The highest BCUT2D eigenvalue weighted by Gasteiger charge is 2.12. The minimum atomic E-state index is -0.768. The van der Waals surface area contributed by atoms with Crippen molar-refractivity contribution in [1.29, 1.82) is 5.26 Å². The first-order valence-electron chi connectivity index (χ1n) is 4.38. The molecule has 1 atom stereocenters. The highest BCUT2D eigenvalue weighted by molar-refractivity contribution is 5.38. The van der Waals surface area contributed by atoms with E-state index in [1.165, 1.54) is 0 Å². The molecule has 0 spiro atoms. The number of aryl methyl sites for hydroxylation is 1. The maximum Gasteiger partial charge on any atom is 0.124 e. The van der Waals surface area contributed by atoms with E-state index in [2.05, 4.69) is 0 Å². The molecule has 0 amide bonds. The van der Waals surface area contributed by atoms with Crippen molar-refractivity contribution in [2.24, 2.45) is 0 Å². The molecule has 0 bridgehead atoms. The number of methoxy groups -OCH3 is 1. The van der Waals surface area contributed by atoms with Crippen LogP contribution in [0.4, 0.5) is 0 Å². The van der Waals surface area contributed by atoms with Crippen LogP contribution in [0.25, 0.3) is 0 Å². The Morgan fingerprint density at radius 2 is 2.29 bits per heavy atom. The summed E-state index contributed by atoms with van der Waals surface area (Å²) in [5.41, 5.74) is 1.73. The number of hydrogen-bond donors (Lipinski definition) is 1. The van der Waals surface area contributed by atoms with Gasteiger partial charge in [-0.05, 0) is 18.6 Å². The van der Waals surface area contributed by atoms with E-state index in [-0.39, 0.29) is 6.42 Å². The summed E-state index contributed by atoms with van der Waals surface area (Å²) in [7, 11) is 1.55. The second-order valence-electron chi connectivity index (χ2n) is 3.12. The summed E-state index contributed by atoms with van der Waals surface area (Å²) in [4.78, 5) is 0. The van der Waals surface area contributed by atoms with E-state index in [4.69, 9.17) is 10.00 Å². The molecule has 0 aliphatic rings. The molecule has 0 fully saturated rings. The van der Waals surface area contributed by atoms with Crippen molar-refractivity contribution >= 4 is 0 Å². The first-order chi connectivity index (χ1) is 6.69. The van der Waals surface area contributed by atoms with Crippen molar-refractivity contribution in [2.75, 3.05) is 7.11 Å². The molecule has 3 heteroatoms. The molecule has 0 aliphatic heterocycles. The summed E-state index contributed by atoms with van der Waals surface area (Å²) in [6.07, 6.45) is -0.685. The standard InChI is InChI=1S/C11H13NO2/c1-8-3-4-9(10(13)5-6-12)11(7-8)14-2/h3-4,7,10,13H,5H2,1-2H3. The number of rotatable bonds is 3. The van der Waals surface area contributed by atoms with Gasteiger partial charge in [-0.3, -0.25) is 0 Å². The Morgan fingerprint density at radius 3 is 2.86 bits per heavy atom. The first-order valence-corrected chi connectivity index (χ1v) is 4.38. The number of aliphatic hydroxyl groups is 1. The van der Waals surface area contributed by atoms with Crippen LogP contribution in [0.2, 0.25) is 0 Å². The number of benzene rings is 1. The number of hydrogen-bond acceptors (Lipinski definition) is 3. The van der Waals surface area contributed by atoms with Crippen molar-refractivity contribution in [3.8, 4) is 11.8 Å². The van der Waals surface area contributed by atoms with Crippen molar-refractivity contribution < 1.29 is 9.84 Å². The molecule has 0 heterocycles. The Labute approximate surface area is 83.6 Å². The second kappa shape index (κ2) is 4.64. The zero-order valence-electron chi connectivity index (χ0n) is 8.32. The zero-order valence-corrected chi connectivity index (χ0v) is 8.32. The largest absolute Gasteiger partial charge is 0.496 e. The lowest BCUT2D eigenvalue weighted by atomic mass is 10.0. The van der Waals surface area contributed by atoms with Gasteiger partial charge in [0.05, 0.1) is 25.7 Å². The van der Waals surface area contributed by atoms with Crippen LogP contribution in [-0.2, 0) is 0 Å². The van der Waals surface area contributed by atoms with Crippen LogP contribution in [0.15, 0.2) is 18.2 Å². The maximum absolute atomic E-state index is 9.62. The van der Waals surface area contributed by atoms with E-state index in [0.717, 1.165) is 5.56 Å². The fourth-order valence-electron chi connectivity index (χ4n) is 1.29. The Bertz CT molecular complexity index is 355. The minimum absolute atomic E-state index is 0.0828. The average molecular weight is 191 g/mol. The zero-order chi connectivity index (χ0) is 10.6. The quantitative estimate of drug-likeness (QED) is 0.794. The topological polar surface area (TPSA) is 53.2 Å². The van der Waals surface area contributed by atoms with Crippen LogP contribution in [0.3, 0.4) is 0 Å². The fraction of sp³-hybridized carbons (Fsp3) is 0.364. The monoisotopic (exact) mass is 191 g/mol. The fourth-order valence-corrected chi connectivity index (χ4v) is 1.29. The van der Waals surface area contributed by atoms with Gasteiger partial charge in [-0.2, -0.15) is 5.26 Å². The van der Waals surface area contributed by atoms with Gasteiger partial charge >= 0.3 is 0 Å². The summed E-state index contributed by atoms with van der Waals surface area (Å²) in [5.74, 6) is 0.632. The van der Waals surface area contributed by atoms with E-state index < -0.39 is 6.10 Å². The number of ether oxygens (including phenoxy) is 1. The lowest BCUT2D eigenvalue weighted by Crippen LogP contribution is -1.99.